The Morgan fingerprint density at radius 2 is 2.03 bits per heavy atom. The van der Waals surface area contributed by atoms with Crippen molar-refractivity contribution in [3.05, 3.63) is 34.7 Å². The Bertz CT molecular complexity index is 1440. The third-order valence-corrected chi connectivity index (χ3v) is 8.93. The summed E-state index contributed by atoms with van der Waals surface area (Å²) in [4.78, 5) is 23.2. The average Bonchev–Trinajstić information content (AvgIpc) is 3.43. The lowest BCUT2D eigenvalue weighted by molar-refractivity contribution is 0.0669. The minimum Gasteiger partial charge on any atom is -0.494 e. The van der Waals surface area contributed by atoms with E-state index in [0.717, 1.165) is 67.4 Å². The van der Waals surface area contributed by atoms with Crippen LogP contribution in [0.15, 0.2) is 24.3 Å². The van der Waals surface area contributed by atoms with E-state index in [1.165, 1.54) is 27.9 Å². The van der Waals surface area contributed by atoms with E-state index < -0.39 is 0 Å². The number of benzene rings is 1. The van der Waals surface area contributed by atoms with Gasteiger partial charge in [-0.25, -0.2) is 4.98 Å². The number of amides is 1. The zero-order valence-corrected chi connectivity index (χ0v) is 22.2. The highest BCUT2D eigenvalue weighted by Gasteiger charge is 2.28. The molecule has 2 N–H and O–H groups in total. The van der Waals surface area contributed by atoms with Crippen molar-refractivity contribution in [1.82, 2.24) is 19.0 Å². The molecule has 1 aliphatic heterocycles. The smallest absolute Gasteiger partial charge is 0.254 e. The molecule has 1 saturated heterocycles. The highest BCUT2D eigenvalue weighted by Crippen LogP contribution is 2.40. The number of rotatable bonds is 7. The molecule has 0 bridgehead atoms. The van der Waals surface area contributed by atoms with Crippen molar-refractivity contribution in [3.8, 4) is 17.3 Å². The summed E-state index contributed by atoms with van der Waals surface area (Å²) in [7, 11) is 3.72. The second-order valence-corrected chi connectivity index (χ2v) is 11.8. The zero-order valence-electron chi connectivity index (χ0n) is 21.4. The van der Waals surface area contributed by atoms with E-state index in [1.54, 1.807) is 7.11 Å². The Labute approximate surface area is 215 Å². The van der Waals surface area contributed by atoms with Gasteiger partial charge in [0, 0.05) is 42.5 Å². The number of carbonyl (C=O) groups excluding carboxylic acids is 1. The van der Waals surface area contributed by atoms with Crippen LogP contribution in [0.25, 0.3) is 32.8 Å². The van der Waals surface area contributed by atoms with Crippen molar-refractivity contribution in [2.75, 3.05) is 26.7 Å². The molecule has 4 heterocycles. The number of carbonyl (C=O) groups is 1. The number of imidazole rings is 1. The molecular weight excluding hydrogens is 470 g/mol. The Hall–Kier alpha value is -2.84. The first kappa shape index (κ1) is 23.6. The minimum atomic E-state index is 0.0530. The quantitative estimate of drug-likeness (QED) is 0.375. The number of nitrogens with zero attached hydrogens (tertiary/aromatic N) is 4. The molecule has 1 amide bonds. The summed E-state index contributed by atoms with van der Waals surface area (Å²) < 4.78 is 10.4. The van der Waals surface area contributed by atoms with E-state index in [2.05, 4.69) is 28.2 Å². The predicted molar refractivity (Wildman–Crippen MR) is 146 cm³/mol. The fourth-order valence-corrected chi connectivity index (χ4v) is 6.83. The molecule has 0 spiro atoms. The summed E-state index contributed by atoms with van der Waals surface area (Å²) in [6.45, 7) is 5.43. The SMILES string of the molecule is COc1cc(C(=O)N2CCC[C@@H](CCN)C2)cc2nc(-c3cc4cc(C)sc4n3CC3CC3)n(C)c12. The van der Waals surface area contributed by atoms with Crippen LogP contribution < -0.4 is 10.5 Å². The van der Waals surface area contributed by atoms with Crippen molar-refractivity contribution >= 4 is 38.5 Å². The molecule has 1 aromatic carbocycles. The number of nitrogens with two attached hydrogens (primary N) is 1. The monoisotopic (exact) mass is 505 g/mol. The van der Waals surface area contributed by atoms with E-state index >= 15 is 0 Å². The van der Waals surface area contributed by atoms with Crippen LogP contribution in [0.3, 0.4) is 0 Å². The van der Waals surface area contributed by atoms with Gasteiger partial charge in [-0.1, -0.05) is 0 Å². The summed E-state index contributed by atoms with van der Waals surface area (Å²) in [6.07, 6.45) is 5.73. The van der Waals surface area contributed by atoms with Crippen LogP contribution >= 0.6 is 11.3 Å². The second kappa shape index (κ2) is 9.23. The maximum Gasteiger partial charge on any atom is 0.254 e. The maximum atomic E-state index is 13.5. The van der Waals surface area contributed by atoms with Gasteiger partial charge in [0.25, 0.3) is 5.91 Å². The van der Waals surface area contributed by atoms with Crippen LogP contribution in [0.2, 0.25) is 0 Å². The number of hydrogen-bond donors (Lipinski definition) is 1. The number of aromatic nitrogens is 3. The van der Waals surface area contributed by atoms with E-state index in [1.807, 2.05) is 35.4 Å². The van der Waals surface area contributed by atoms with Crippen LogP contribution in [0.4, 0.5) is 0 Å². The molecule has 1 saturated carbocycles. The lowest BCUT2D eigenvalue weighted by Crippen LogP contribution is -2.40. The third kappa shape index (κ3) is 4.10. The van der Waals surface area contributed by atoms with E-state index in [9.17, 15) is 4.79 Å². The summed E-state index contributed by atoms with van der Waals surface area (Å²) in [5.41, 5.74) is 9.28. The summed E-state index contributed by atoms with van der Waals surface area (Å²) >= 11 is 1.85. The number of fused-ring (bicyclic) bond motifs is 2. The molecule has 2 fully saturated rings. The maximum absolute atomic E-state index is 13.5. The molecule has 6 rings (SSSR count). The molecular formula is C28H35N5O2S. The topological polar surface area (TPSA) is 78.3 Å². The lowest BCUT2D eigenvalue weighted by atomic mass is 9.94. The van der Waals surface area contributed by atoms with Gasteiger partial charge in [-0.15, -0.1) is 11.3 Å². The molecule has 8 heteroatoms. The van der Waals surface area contributed by atoms with Gasteiger partial charge in [0.15, 0.2) is 5.82 Å². The highest BCUT2D eigenvalue weighted by atomic mass is 32.1. The first-order valence-electron chi connectivity index (χ1n) is 13.1. The third-order valence-electron chi connectivity index (χ3n) is 7.84. The van der Waals surface area contributed by atoms with Crippen LogP contribution in [0.5, 0.6) is 5.75 Å². The van der Waals surface area contributed by atoms with Gasteiger partial charge >= 0.3 is 0 Å². The summed E-state index contributed by atoms with van der Waals surface area (Å²) in [5.74, 6) is 2.89. The first-order chi connectivity index (χ1) is 17.5. The minimum absolute atomic E-state index is 0.0530. The number of methoxy groups -OCH3 is 1. The van der Waals surface area contributed by atoms with E-state index in [4.69, 9.17) is 15.5 Å². The second-order valence-electron chi connectivity index (χ2n) is 10.6. The normalized spacial score (nSPS) is 18.4. The Balaban J connectivity index is 1.41. The standard InChI is InChI=1S/C28H35N5O2S/c1-17-11-21-13-23(33(28(21)36-17)16-19-6-7-19)26-30-22-12-20(14-24(35-3)25(22)31(26)2)27(34)32-10-4-5-18(15-32)8-9-29/h11-14,18-19H,4-10,15-16,29H2,1-3H3/t18-/m0/s1. The van der Waals surface area contributed by atoms with Crippen molar-refractivity contribution in [2.45, 2.75) is 45.6 Å². The number of thiophene rings is 1. The van der Waals surface area contributed by atoms with Gasteiger partial charge in [-0.2, -0.15) is 0 Å². The lowest BCUT2D eigenvalue weighted by Gasteiger charge is -2.32. The molecule has 36 heavy (non-hydrogen) atoms. The fraction of sp³-hybridized carbons (Fsp3) is 0.500. The molecule has 1 atom stereocenters. The Morgan fingerprint density at radius 3 is 2.78 bits per heavy atom. The Kier molecular flexibility index (Phi) is 6.04. The average molecular weight is 506 g/mol. The number of hydrogen-bond acceptors (Lipinski definition) is 5. The number of aryl methyl sites for hydroxylation is 2. The zero-order chi connectivity index (χ0) is 25.0. The van der Waals surface area contributed by atoms with Crippen LogP contribution in [0.1, 0.15) is 47.3 Å². The van der Waals surface area contributed by atoms with Gasteiger partial charge in [0.2, 0.25) is 0 Å². The van der Waals surface area contributed by atoms with E-state index in [0.29, 0.717) is 23.8 Å². The number of ether oxygens (including phenoxy) is 1. The van der Waals surface area contributed by atoms with Gasteiger partial charge in [-0.3, -0.25) is 4.79 Å². The van der Waals surface area contributed by atoms with E-state index in [-0.39, 0.29) is 5.91 Å². The predicted octanol–water partition coefficient (Wildman–Crippen LogP) is 5.18. The van der Waals surface area contributed by atoms with Crippen LogP contribution in [-0.4, -0.2) is 51.7 Å². The molecule has 1 aliphatic carbocycles. The molecule has 2 aliphatic rings. The van der Waals surface area contributed by atoms with Gasteiger partial charge in [0.1, 0.15) is 16.1 Å². The molecule has 4 aromatic rings. The largest absolute Gasteiger partial charge is 0.494 e. The molecule has 0 radical (unpaired) electrons. The van der Waals surface area contributed by atoms with Gasteiger partial charge in [0.05, 0.1) is 18.3 Å². The fourth-order valence-electron chi connectivity index (χ4n) is 5.82. The number of piperidine rings is 1. The summed E-state index contributed by atoms with van der Waals surface area (Å²) in [6, 6.07) is 8.36. The number of likely N-dealkylation sites (tertiary alicyclic amines) is 1. The Morgan fingerprint density at radius 1 is 1.19 bits per heavy atom. The van der Waals surface area contributed by atoms with Gasteiger partial charge in [-0.05, 0) is 81.7 Å². The van der Waals surface area contributed by atoms with Gasteiger partial charge < -0.3 is 24.5 Å². The highest BCUT2D eigenvalue weighted by molar-refractivity contribution is 7.18. The van der Waals surface area contributed by atoms with Crippen molar-refractivity contribution in [1.29, 1.82) is 0 Å². The van der Waals surface area contributed by atoms with Crippen molar-refractivity contribution < 1.29 is 9.53 Å². The molecule has 3 aromatic heterocycles. The first-order valence-corrected chi connectivity index (χ1v) is 13.9. The molecule has 190 valence electrons. The summed E-state index contributed by atoms with van der Waals surface area (Å²) in [5, 5.41) is 1.28. The van der Waals surface area contributed by atoms with Crippen LogP contribution in [-0.2, 0) is 13.6 Å². The van der Waals surface area contributed by atoms with Crippen LogP contribution in [0, 0.1) is 18.8 Å². The molecule has 0 unspecified atom stereocenters. The molecule has 7 nitrogen and oxygen atoms in total. The van der Waals surface area contributed by atoms with Crippen molar-refractivity contribution in [2.24, 2.45) is 24.6 Å². The van der Waals surface area contributed by atoms with Crippen molar-refractivity contribution in [3.63, 3.8) is 0 Å².